The van der Waals surface area contributed by atoms with Gasteiger partial charge >= 0.3 is 0 Å². The van der Waals surface area contributed by atoms with Crippen LogP contribution >= 0.6 is 11.3 Å². The van der Waals surface area contributed by atoms with Gasteiger partial charge < -0.3 is 10.6 Å². The van der Waals surface area contributed by atoms with Crippen LogP contribution in [0.15, 0.2) is 42.6 Å². The lowest BCUT2D eigenvalue weighted by molar-refractivity contribution is -0.114. The lowest BCUT2D eigenvalue weighted by atomic mass is 10.1. The zero-order valence-corrected chi connectivity index (χ0v) is 13.8. The first-order chi connectivity index (χ1) is 11.7. The third-order valence-electron chi connectivity index (χ3n) is 3.75. The zero-order valence-electron chi connectivity index (χ0n) is 13.0. The molecule has 120 valence electrons. The van der Waals surface area contributed by atoms with Gasteiger partial charge in [0.2, 0.25) is 5.91 Å². The Kier molecular flexibility index (Phi) is 3.62. The van der Waals surface area contributed by atoms with Gasteiger partial charge in [0, 0.05) is 11.1 Å². The summed E-state index contributed by atoms with van der Waals surface area (Å²) in [6.07, 6.45) is 1.79. The van der Waals surface area contributed by atoms with Crippen molar-refractivity contribution in [1.29, 1.82) is 0 Å². The maximum atomic E-state index is 12.1. The maximum Gasteiger partial charge on any atom is 0.245 e. The molecule has 0 saturated heterocycles. The molecule has 0 saturated carbocycles. The highest BCUT2D eigenvalue weighted by molar-refractivity contribution is 7.23. The molecule has 0 spiro atoms. The summed E-state index contributed by atoms with van der Waals surface area (Å²) in [6.45, 7) is 2.20. The van der Waals surface area contributed by atoms with Gasteiger partial charge in [0.25, 0.3) is 0 Å². The van der Waals surface area contributed by atoms with Crippen LogP contribution in [0, 0.1) is 6.92 Å². The number of thiazole rings is 1. The summed E-state index contributed by atoms with van der Waals surface area (Å²) in [7, 11) is 0. The molecule has 0 atom stereocenters. The standard InChI is InChI=1S/C17H15N5OS/c1-10-7-13-12(8-19-22-13)16-15(10)21-17(24-16)20-14(23)9-18-11-5-3-2-4-6-11/h2-8,18H,9H2,1H3,(H,19,22)(H,20,21,23). The molecule has 2 aromatic heterocycles. The van der Waals surface area contributed by atoms with Crippen LogP contribution in [0.3, 0.4) is 0 Å². The highest BCUT2D eigenvalue weighted by Crippen LogP contribution is 2.34. The van der Waals surface area contributed by atoms with E-state index in [1.54, 1.807) is 6.20 Å². The van der Waals surface area contributed by atoms with Crippen LogP contribution in [0.1, 0.15) is 5.56 Å². The number of aryl methyl sites for hydroxylation is 1. The number of carbonyl (C=O) groups excluding carboxylic acids is 1. The fourth-order valence-corrected chi connectivity index (χ4v) is 3.67. The summed E-state index contributed by atoms with van der Waals surface area (Å²) in [4.78, 5) is 16.7. The van der Waals surface area contributed by atoms with Gasteiger partial charge in [0.15, 0.2) is 5.13 Å². The summed E-state index contributed by atoms with van der Waals surface area (Å²) in [5.74, 6) is -0.126. The summed E-state index contributed by atoms with van der Waals surface area (Å²) < 4.78 is 1.03. The summed E-state index contributed by atoms with van der Waals surface area (Å²) in [5, 5.41) is 14.6. The van der Waals surface area contributed by atoms with Crippen LogP contribution in [0.5, 0.6) is 0 Å². The Morgan fingerprint density at radius 1 is 1.29 bits per heavy atom. The molecular weight excluding hydrogens is 322 g/mol. The number of anilines is 2. The SMILES string of the molecule is Cc1cc2[nH]ncc2c2sc(NC(=O)CNc3ccccc3)nc12. The first-order valence-corrected chi connectivity index (χ1v) is 8.34. The third-order valence-corrected chi connectivity index (χ3v) is 4.75. The van der Waals surface area contributed by atoms with Gasteiger partial charge in [-0.3, -0.25) is 9.89 Å². The number of hydrogen-bond acceptors (Lipinski definition) is 5. The molecule has 3 N–H and O–H groups in total. The quantitative estimate of drug-likeness (QED) is 0.532. The predicted molar refractivity (Wildman–Crippen MR) is 97.6 cm³/mol. The summed E-state index contributed by atoms with van der Waals surface area (Å²) in [5.41, 5.74) is 3.85. The Bertz CT molecular complexity index is 1020. The molecule has 1 amide bonds. The molecule has 0 bridgehead atoms. The molecule has 4 aromatic rings. The molecule has 6 nitrogen and oxygen atoms in total. The van der Waals surface area contributed by atoms with Crippen molar-refractivity contribution < 1.29 is 4.79 Å². The lowest BCUT2D eigenvalue weighted by Gasteiger charge is -2.05. The Labute approximate surface area is 141 Å². The average molecular weight is 337 g/mol. The molecular formula is C17H15N5OS. The second-order valence-electron chi connectivity index (χ2n) is 5.49. The molecule has 2 aromatic carbocycles. The molecule has 0 aliphatic heterocycles. The molecule has 0 radical (unpaired) electrons. The number of para-hydroxylation sites is 1. The highest BCUT2D eigenvalue weighted by atomic mass is 32.1. The van der Waals surface area contributed by atoms with Crippen LogP contribution in [0.2, 0.25) is 0 Å². The topological polar surface area (TPSA) is 82.7 Å². The first kappa shape index (κ1) is 14.6. The van der Waals surface area contributed by atoms with E-state index < -0.39 is 0 Å². The van der Waals surface area contributed by atoms with Gasteiger partial charge in [-0.2, -0.15) is 5.10 Å². The lowest BCUT2D eigenvalue weighted by Crippen LogP contribution is -2.21. The number of nitrogens with one attached hydrogen (secondary N) is 3. The molecule has 0 aliphatic rings. The van der Waals surface area contributed by atoms with E-state index in [-0.39, 0.29) is 12.5 Å². The van der Waals surface area contributed by atoms with Crippen molar-refractivity contribution in [2.45, 2.75) is 6.92 Å². The molecule has 2 heterocycles. The van der Waals surface area contributed by atoms with E-state index in [4.69, 9.17) is 0 Å². The van der Waals surface area contributed by atoms with Gasteiger partial charge in [-0.25, -0.2) is 4.98 Å². The first-order valence-electron chi connectivity index (χ1n) is 7.53. The number of H-pyrrole nitrogens is 1. The van der Waals surface area contributed by atoms with E-state index in [0.29, 0.717) is 5.13 Å². The van der Waals surface area contributed by atoms with E-state index in [0.717, 1.165) is 32.4 Å². The minimum absolute atomic E-state index is 0.126. The van der Waals surface area contributed by atoms with Crippen molar-refractivity contribution in [3.63, 3.8) is 0 Å². The molecule has 4 rings (SSSR count). The number of hydrogen-bond donors (Lipinski definition) is 3. The largest absolute Gasteiger partial charge is 0.376 e. The fraction of sp³-hybridized carbons (Fsp3) is 0.118. The third kappa shape index (κ3) is 2.69. The number of fused-ring (bicyclic) bond motifs is 3. The number of amides is 1. The van der Waals surface area contributed by atoms with Crippen molar-refractivity contribution >= 4 is 49.2 Å². The second-order valence-corrected chi connectivity index (χ2v) is 6.49. The number of rotatable bonds is 4. The predicted octanol–water partition coefficient (Wildman–Crippen LogP) is 3.53. The minimum atomic E-state index is -0.126. The Morgan fingerprint density at radius 2 is 2.12 bits per heavy atom. The van der Waals surface area contributed by atoms with E-state index >= 15 is 0 Å². The number of aromatic amines is 1. The van der Waals surface area contributed by atoms with Crippen molar-refractivity contribution in [2.24, 2.45) is 0 Å². The van der Waals surface area contributed by atoms with Gasteiger partial charge in [0.1, 0.15) is 0 Å². The van der Waals surface area contributed by atoms with E-state index in [9.17, 15) is 4.79 Å². The fourth-order valence-electron chi connectivity index (χ4n) is 2.60. The average Bonchev–Trinajstić information content (AvgIpc) is 3.20. The number of carbonyl (C=O) groups is 1. The van der Waals surface area contributed by atoms with Crippen molar-refractivity contribution in [3.05, 3.63) is 48.2 Å². The van der Waals surface area contributed by atoms with Crippen molar-refractivity contribution in [1.82, 2.24) is 15.2 Å². The van der Waals surface area contributed by atoms with Crippen molar-refractivity contribution in [3.8, 4) is 0 Å². The van der Waals surface area contributed by atoms with Gasteiger partial charge in [-0.05, 0) is 30.7 Å². The molecule has 7 heteroatoms. The van der Waals surface area contributed by atoms with Crippen molar-refractivity contribution in [2.75, 3.05) is 17.2 Å². The Balaban J connectivity index is 1.54. The zero-order chi connectivity index (χ0) is 16.5. The Hall–Kier alpha value is -2.93. The van der Waals surface area contributed by atoms with E-state index in [1.165, 1.54) is 11.3 Å². The normalized spacial score (nSPS) is 11.0. The van der Waals surface area contributed by atoms with Crippen LogP contribution < -0.4 is 10.6 Å². The van der Waals surface area contributed by atoms with E-state index in [2.05, 4.69) is 25.8 Å². The molecule has 0 aliphatic carbocycles. The van der Waals surface area contributed by atoms with Crippen LogP contribution in [0.4, 0.5) is 10.8 Å². The number of nitrogens with zero attached hydrogens (tertiary/aromatic N) is 2. The molecule has 0 unspecified atom stereocenters. The van der Waals surface area contributed by atoms with E-state index in [1.807, 2.05) is 43.3 Å². The smallest absolute Gasteiger partial charge is 0.245 e. The van der Waals surface area contributed by atoms with Crippen LogP contribution in [-0.4, -0.2) is 27.6 Å². The Morgan fingerprint density at radius 3 is 2.96 bits per heavy atom. The van der Waals surface area contributed by atoms with Gasteiger partial charge in [-0.1, -0.05) is 29.5 Å². The molecule has 24 heavy (non-hydrogen) atoms. The van der Waals surface area contributed by atoms with Crippen LogP contribution in [0.25, 0.3) is 21.1 Å². The second kappa shape index (κ2) is 5.93. The highest BCUT2D eigenvalue weighted by Gasteiger charge is 2.13. The number of benzene rings is 2. The maximum absolute atomic E-state index is 12.1. The van der Waals surface area contributed by atoms with Crippen LogP contribution in [-0.2, 0) is 4.79 Å². The summed E-state index contributed by atoms with van der Waals surface area (Å²) >= 11 is 1.46. The monoisotopic (exact) mass is 337 g/mol. The number of aromatic nitrogens is 3. The summed E-state index contributed by atoms with van der Waals surface area (Å²) in [6, 6.07) is 11.6. The minimum Gasteiger partial charge on any atom is -0.376 e. The van der Waals surface area contributed by atoms with Gasteiger partial charge in [0.05, 0.1) is 28.5 Å². The molecule has 0 fully saturated rings. The van der Waals surface area contributed by atoms with Gasteiger partial charge in [-0.15, -0.1) is 0 Å².